The molecule has 2 aromatic carbocycles. The molecule has 39 heavy (non-hydrogen) atoms. The van der Waals surface area contributed by atoms with Crippen LogP contribution in [0.3, 0.4) is 0 Å². The van der Waals surface area contributed by atoms with Gasteiger partial charge in [-0.3, -0.25) is 14.8 Å². The molecule has 0 bridgehead atoms. The summed E-state index contributed by atoms with van der Waals surface area (Å²) in [5.41, 5.74) is 4.20. The van der Waals surface area contributed by atoms with Gasteiger partial charge in [-0.1, -0.05) is 6.92 Å². The fourth-order valence-electron chi connectivity index (χ4n) is 5.52. The third kappa shape index (κ3) is 4.76. The first-order valence-electron chi connectivity index (χ1n) is 13.3. The molecule has 0 unspecified atom stereocenters. The van der Waals surface area contributed by atoms with Crippen LogP contribution in [0, 0.1) is 11.6 Å². The van der Waals surface area contributed by atoms with Gasteiger partial charge in [0.25, 0.3) is 0 Å². The van der Waals surface area contributed by atoms with Crippen LogP contribution in [0.4, 0.5) is 8.78 Å². The lowest BCUT2D eigenvalue weighted by molar-refractivity contribution is -0.133. The lowest BCUT2D eigenvalue weighted by Gasteiger charge is -2.34. The highest BCUT2D eigenvalue weighted by Crippen LogP contribution is 2.35. The van der Waals surface area contributed by atoms with E-state index < -0.39 is 17.4 Å². The number of rotatable bonds is 5. The Morgan fingerprint density at radius 1 is 1.08 bits per heavy atom. The molecule has 0 aliphatic carbocycles. The number of hydrogen-bond donors (Lipinski definition) is 3. The molecule has 3 N–H and O–H groups in total. The normalized spacial score (nSPS) is 16.7. The number of piperazine rings is 1. The monoisotopic (exact) mass is 535 g/mol. The van der Waals surface area contributed by atoms with Crippen molar-refractivity contribution in [2.75, 3.05) is 46.3 Å². The summed E-state index contributed by atoms with van der Waals surface area (Å²) in [5, 5.41) is 17.3. The molecule has 2 aliphatic heterocycles. The van der Waals surface area contributed by atoms with Gasteiger partial charge in [-0.25, -0.2) is 13.8 Å². The zero-order valence-electron chi connectivity index (χ0n) is 22.0. The maximum absolute atomic E-state index is 15.5. The van der Waals surface area contributed by atoms with Gasteiger partial charge in [-0.05, 0) is 54.4 Å². The summed E-state index contributed by atoms with van der Waals surface area (Å²) in [6, 6.07) is 5.68. The Balaban J connectivity index is 1.25. The zero-order chi connectivity index (χ0) is 27.3. The van der Waals surface area contributed by atoms with E-state index in [1.165, 1.54) is 18.2 Å². The van der Waals surface area contributed by atoms with Gasteiger partial charge in [0.05, 0.1) is 35.4 Å². The molecule has 9 nitrogen and oxygen atoms in total. The topological polar surface area (TPSA) is 104 Å². The summed E-state index contributed by atoms with van der Waals surface area (Å²) in [4.78, 5) is 27.3. The Kier molecular flexibility index (Phi) is 6.56. The van der Waals surface area contributed by atoms with Crippen molar-refractivity contribution in [3.05, 3.63) is 52.9 Å². The second kappa shape index (κ2) is 10.0. The Hall–Kier alpha value is -3.83. The number of fused-ring (bicyclic) bond motifs is 2. The minimum atomic E-state index is -0.759. The van der Waals surface area contributed by atoms with E-state index >= 15 is 4.39 Å². The van der Waals surface area contributed by atoms with Crippen LogP contribution in [0.1, 0.15) is 23.9 Å². The first-order valence-corrected chi connectivity index (χ1v) is 13.3. The van der Waals surface area contributed by atoms with Crippen LogP contribution in [0.5, 0.6) is 5.75 Å². The molecule has 1 amide bonds. The van der Waals surface area contributed by atoms with E-state index in [2.05, 4.69) is 32.0 Å². The second-order valence-electron chi connectivity index (χ2n) is 10.4. The number of aromatic nitrogens is 4. The molecule has 0 spiro atoms. The largest absolute Gasteiger partial charge is 0.505 e. The van der Waals surface area contributed by atoms with Gasteiger partial charge in [-0.2, -0.15) is 5.10 Å². The molecular formula is C28H31F2N7O2. The number of nitrogens with one attached hydrogen (secondary N) is 2. The highest BCUT2D eigenvalue weighted by Gasteiger charge is 2.27. The molecular weight excluding hydrogens is 504 g/mol. The molecule has 0 radical (unpaired) electrons. The maximum atomic E-state index is 15.5. The maximum Gasteiger partial charge on any atom is 0.237 e. The SMILES string of the molecule is CCc1cc(O)c(F)cc1-c1cc(F)c2c(-c3nc4c([nH]3)CN(C(=O)CN3CCN(C)CC3)CC4)n[nH]c2c1. The zero-order valence-corrected chi connectivity index (χ0v) is 22.0. The number of imidazole rings is 1. The van der Waals surface area contributed by atoms with Crippen molar-refractivity contribution in [3.8, 4) is 28.4 Å². The van der Waals surface area contributed by atoms with E-state index in [1.807, 2.05) is 11.8 Å². The molecule has 6 rings (SSSR count). The number of phenols is 1. The molecule has 0 atom stereocenters. The predicted molar refractivity (Wildman–Crippen MR) is 143 cm³/mol. The number of carbonyl (C=O) groups is 1. The first kappa shape index (κ1) is 25.4. The van der Waals surface area contributed by atoms with Crippen LogP contribution in [-0.2, 0) is 24.2 Å². The number of amides is 1. The minimum absolute atomic E-state index is 0.0993. The summed E-state index contributed by atoms with van der Waals surface area (Å²) in [6.45, 7) is 7.01. The highest BCUT2D eigenvalue weighted by molar-refractivity contribution is 5.94. The first-order chi connectivity index (χ1) is 18.8. The van der Waals surface area contributed by atoms with Crippen LogP contribution >= 0.6 is 0 Å². The lowest BCUT2D eigenvalue weighted by atomic mass is 9.96. The molecule has 1 fully saturated rings. The fraction of sp³-hybridized carbons (Fsp3) is 0.393. The molecule has 1 saturated heterocycles. The third-order valence-electron chi connectivity index (χ3n) is 7.84. The summed E-state index contributed by atoms with van der Waals surface area (Å²) >= 11 is 0. The number of nitrogens with zero attached hydrogens (tertiary/aromatic N) is 5. The average molecular weight is 536 g/mol. The van der Waals surface area contributed by atoms with E-state index in [-0.39, 0.29) is 11.3 Å². The van der Waals surface area contributed by atoms with Gasteiger partial charge in [-0.15, -0.1) is 0 Å². The van der Waals surface area contributed by atoms with Crippen molar-refractivity contribution in [1.82, 2.24) is 34.9 Å². The van der Waals surface area contributed by atoms with E-state index in [9.17, 15) is 14.3 Å². The van der Waals surface area contributed by atoms with Crippen molar-refractivity contribution in [2.24, 2.45) is 0 Å². The Bertz CT molecular complexity index is 1560. The van der Waals surface area contributed by atoms with Gasteiger partial charge < -0.3 is 19.9 Å². The van der Waals surface area contributed by atoms with Crippen LogP contribution in [0.15, 0.2) is 24.3 Å². The molecule has 11 heteroatoms. The Labute approximate surface area is 224 Å². The standard InChI is InChI=1S/C28H31F2N7O2/c1-3-16-12-24(38)19(29)13-18(16)17-10-20(30)26-22(11-17)33-34-27(26)28-31-21-4-5-37(14-23(21)32-28)25(39)15-36-8-6-35(2)7-9-36/h10-13,38H,3-9,14-15H2,1-2H3,(H,31,32)(H,33,34). The summed E-state index contributed by atoms with van der Waals surface area (Å²) in [7, 11) is 2.09. The smallest absolute Gasteiger partial charge is 0.237 e. The van der Waals surface area contributed by atoms with Crippen LogP contribution in [0.25, 0.3) is 33.5 Å². The Morgan fingerprint density at radius 3 is 2.64 bits per heavy atom. The molecule has 2 aromatic heterocycles. The molecule has 0 saturated carbocycles. The van der Waals surface area contributed by atoms with E-state index in [0.717, 1.165) is 37.6 Å². The number of carbonyl (C=O) groups excluding carboxylic acids is 1. The Morgan fingerprint density at radius 2 is 1.87 bits per heavy atom. The molecule has 4 heterocycles. The van der Waals surface area contributed by atoms with Crippen LogP contribution in [0.2, 0.25) is 0 Å². The number of aromatic hydroxyl groups is 1. The van der Waals surface area contributed by atoms with Crippen molar-refractivity contribution in [1.29, 1.82) is 0 Å². The number of benzene rings is 2. The van der Waals surface area contributed by atoms with Crippen molar-refractivity contribution >= 4 is 16.8 Å². The quantitative estimate of drug-likeness (QED) is 0.362. The lowest BCUT2D eigenvalue weighted by Crippen LogP contribution is -2.49. The average Bonchev–Trinajstić information content (AvgIpc) is 3.55. The second-order valence-corrected chi connectivity index (χ2v) is 10.4. The number of aromatic amines is 2. The van der Waals surface area contributed by atoms with Crippen molar-refractivity contribution < 1.29 is 18.7 Å². The van der Waals surface area contributed by atoms with Crippen molar-refractivity contribution in [3.63, 3.8) is 0 Å². The van der Waals surface area contributed by atoms with Crippen LogP contribution in [-0.4, -0.2) is 92.2 Å². The number of H-pyrrole nitrogens is 2. The van der Waals surface area contributed by atoms with Gasteiger partial charge in [0.2, 0.25) is 5.91 Å². The van der Waals surface area contributed by atoms with Crippen LogP contribution < -0.4 is 0 Å². The minimum Gasteiger partial charge on any atom is -0.505 e. The number of hydrogen-bond acceptors (Lipinski definition) is 6. The molecule has 204 valence electrons. The summed E-state index contributed by atoms with van der Waals surface area (Å²) in [5.74, 6) is -1.16. The number of aryl methyl sites for hydroxylation is 1. The van der Waals surface area contributed by atoms with E-state index in [4.69, 9.17) is 4.98 Å². The van der Waals surface area contributed by atoms with Crippen molar-refractivity contribution in [2.45, 2.75) is 26.3 Å². The highest BCUT2D eigenvalue weighted by atomic mass is 19.1. The van der Waals surface area contributed by atoms with E-state index in [1.54, 1.807) is 6.07 Å². The third-order valence-corrected chi connectivity index (χ3v) is 7.84. The predicted octanol–water partition coefficient (Wildman–Crippen LogP) is 3.30. The number of halogens is 2. The number of phenolic OH excluding ortho intramolecular Hbond substituents is 1. The van der Waals surface area contributed by atoms with E-state index in [0.29, 0.717) is 66.2 Å². The molecule has 4 aromatic rings. The van der Waals surface area contributed by atoms with Gasteiger partial charge in [0.1, 0.15) is 11.5 Å². The summed E-state index contributed by atoms with van der Waals surface area (Å²) < 4.78 is 29.7. The molecule has 2 aliphatic rings. The number of likely N-dealkylation sites (N-methyl/N-ethyl adjacent to an activating group) is 1. The summed E-state index contributed by atoms with van der Waals surface area (Å²) in [6.07, 6.45) is 1.16. The van der Waals surface area contributed by atoms with Gasteiger partial charge >= 0.3 is 0 Å². The van der Waals surface area contributed by atoms with Gasteiger partial charge in [0, 0.05) is 39.1 Å². The van der Waals surface area contributed by atoms with Gasteiger partial charge in [0.15, 0.2) is 17.4 Å². The fourth-order valence-corrected chi connectivity index (χ4v) is 5.52.